The summed E-state index contributed by atoms with van der Waals surface area (Å²) in [7, 11) is 0. The number of hydrogen-bond donors (Lipinski definition) is 1. The molecule has 1 radical (unpaired) electrons. The van der Waals surface area contributed by atoms with Crippen LogP contribution < -0.4 is 10.5 Å². The van der Waals surface area contributed by atoms with Crippen LogP contribution in [-0.2, 0) is 6.42 Å². The fourth-order valence-corrected chi connectivity index (χ4v) is 1.11. The maximum atomic E-state index is 5.51. The maximum Gasteiger partial charge on any atom is 0.119 e. The molecule has 2 heteroatoms. The predicted molar refractivity (Wildman–Crippen MR) is 54.4 cm³/mol. The molecular weight excluding hydrogens is 162 g/mol. The summed E-state index contributed by atoms with van der Waals surface area (Å²) >= 11 is 0. The zero-order chi connectivity index (χ0) is 9.68. The van der Waals surface area contributed by atoms with Crippen LogP contribution in [0.2, 0.25) is 0 Å². The Morgan fingerprint density at radius 2 is 1.92 bits per heavy atom. The van der Waals surface area contributed by atoms with Crippen molar-refractivity contribution in [2.45, 2.75) is 26.4 Å². The van der Waals surface area contributed by atoms with E-state index < -0.39 is 0 Å². The quantitative estimate of drug-likeness (QED) is 0.766. The van der Waals surface area contributed by atoms with Crippen molar-refractivity contribution in [3.05, 3.63) is 36.4 Å². The lowest BCUT2D eigenvalue weighted by molar-refractivity contribution is 0.242. The van der Waals surface area contributed by atoms with E-state index in [1.807, 2.05) is 38.1 Å². The van der Waals surface area contributed by atoms with Crippen LogP contribution in [0.5, 0.6) is 5.75 Å². The molecule has 0 aromatic heterocycles. The Kier molecular flexibility index (Phi) is 3.77. The smallest absolute Gasteiger partial charge is 0.119 e. The molecule has 2 N–H and O–H groups in total. The number of nitrogens with two attached hydrogens (primary N) is 1. The summed E-state index contributed by atoms with van der Waals surface area (Å²) < 4.78 is 5.51. The van der Waals surface area contributed by atoms with E-state index in [1.165, 1.54) is 5.56 Å². The van der Waals surface area contributed by atoms with Crippen LogP contribution in [0.25, 0.3) is 0 Å². The molecule has 0 saturated carbocycles. The molecule has 1 aromatic rings. The van der Waals surface area contributed by atoms with Crippen LogP contribution in [-0.4, -0.2) is 6.10 Å². The minimum Gasteiger partial charge on any atom is -0.491 e. The number of rotatable bonds is 4. The van der Waals surface area contributed by atoms with Crippen LogP contribution in [0.1, 0.15) is 19.4 Å². The van der Waals surface area contributed by atoms with Crippen molar-refractivity contribution in [3.8, 4) is 5.75 Å². The fraction of sp³-hybridized carbons (Fsp3) is 0.364. The third-order valence-electron chi connectivity index (χ3n) is 1.65. The highest BCUT2D eigenvalue weighted by Crippen LogP contribution is 2.13. The summed E-state index contributed by atoms with van der Waals surface area (Å²) in [5, 5.41) is 0. The molecule has 0 heterocycles. The Morgan fingerprint density at radius 3 is 2.38 bits per heavy atom. The minimum absolute atomic E-state index is 0.229. The van der Waals surface area contributed by atoms with Gasteiger partial charge >= 0.3 is 0 Å². The van der Waals surface area contributed by atoms with Crippen LogP contribution in [0, 0.1) is 6.54 Å². The van der Waals surface area contributed by atoms with Crippen LogP contribution in [0.15, 0.2) is 24.3 Å². The van der Waals surface area contributed by atoms with Gasteiger partial charge in [0.25, 0.3) is 0 Å². The molecule has 0 atom stereocenters. The molecule has 71 valence electrons. The summed E-state index contributed by atoms with van der Waals surface area (Å²) in [4.78, 5) is 0. The van der Waals surface area contributed by atoms with E-state index >= 15 is 0 Å². The average Bonchev–Trinajstić information content (AvgIpc) is 2.08. The van der Waals surface area contributed by atoms with Gasteiger partial charge in [-0.05, 0) is 38.0 Å². The van der Waals surface area contributed by atoms with E-state index in [-0.39, 0.29) is 6.10 Å². The predicted octanol–water partition coefficient (Wildman–Crippen LogP) is 2.14. The molecular formula is C11H16NO. The van der Waals surface area contributed by atoms with E-state index in [0.29, 0.717) is 0 Å². The second-order valence-corrected chi connectivity index (χ2v) is 3.25. The zero-order valence-electron chi connectivity index (χ0n) is 8.16. The topological polar surface area (TPSA) is 35.2 Å². The molecule has 1 aromatic carbocycles. The first kappa shape index (κ1) is 10.1. The zero-order valence-corrected chi connectivity index (χ0v) is 8.16. The SMILES string of the molecule is CC(C)Oc1ccc(C[CH]N)cc1. The van der Waals surface area contributed by atoms with Gasteiger partial charge in [-0.2, -0.15) is 0 Å². The van der Waals surface area contributed by atoms with Crippen molar-refractivity contribution >= 4 is 0 Å². The van der Waals surface area contributed by atoms with Crippen molar-refractivity contribution in [2.24, 2.45) is 5.73 Å². The van der Waals surface area contributed by atoms with Gasteiger partial charge in [0.05, 0.1) is 6.10 Å². The van der Waals surface area contributed by atoms with Gasteiger partial charge in [0.15, 0.2) is 0 Å². The Labute approximate surface area is 79.7 Å². The van der Waals surface area contributed by atoms with E-state index in [9.17, 15) is 0 Å². The highest BCUT2D eigenvalue weighted by atomic mass is 16.5. The van der Waals surface area contributed by atoms with Gasteiger partial charge in [-0.25, -0.2) is 0 Å². The van der Waals surface area contributed by atoms with Crippen LogP contribution >= 0.6 is 0 Å². The Morgan fingerprint density at radius 1 is 1.31 bits per heavy atom. The number of ether oxygens (including phenoxy) is 1. The van der Waals surface area contributed by atoms with E-state index in [1.54, 1.807) is 6.54 Å². The lowest BCUT2D eigenvalue weighted by Crippen LogP contribution is -2.05. The van der Waals surface area contributed by atoms with Gasteiger partial charge in [0, 0.05) is 6.54 Å². The standard InChI is InChI=1S/C11H16NO/c1-9(2)13-11-5-3-10(4-6-11)7-8-12/h3-6,8-9H,7,12H2,1-2H3. The summed E-state index contributed by atoms with van der Waals surface area (Å²) in [5.41, 5.74) is 6.53. The monoisotopic (exact) mass is 178 g/mol. The van der Waals surface area contributed by atoms with Gasteiger partial charge in [-0.3, -0.25) is 0 Å². The first-order valence-electron chi connectivity index (χ1n) is 4.51. The summed E-state index contributed by atoms with van der Waals surface area (Å²) in [6.07, 6.45) is 1.04. The molecule has 13 heavy (non-hydrogen) atoms. The van der Waals surface area contributed by atoms with Crippen LogP contribution in [0.4, 0.5) is 0 Å². The van der Waals surface area contributed by atoms with E-state index in [2.05, 4.69) is 0 Å². The van der Waals surface area contributed by atoms with Crippen LogP contribution in [0.3, 0.4) is 0 Å². The second kappa shape index (κ2) is 4.87. The molecule has 0 bridgehead atoms. The third-order valence-corrected chi connectivity index (χ3v) is 1.65. The number of hydrogen-bond acceptors (Lipinski definition) is 2. The summed E-state index contributed by atoms with van der Waals surface area (Å²) in [6.45, 7) is 5.68. The summed E-state index contributed by atoms with van der Waals surface area (Å²) in [5.74, 6) is 0.913. The van der Waals surface area contributed by atoms with Gasteiger partial charge in [-0.15, -0.1) is 0 Å². The molecule has 1 rings (SSSR count). The largest absolute Gasteiger partial charge is 0.491 e. The maximum absolute atomic E-state index is 5.51. The molecule has 0 spiro atoms. The Bertz CT molecular complexity index is 241. The second-order valence-electron chi connectivity index (χ2n) is 3.25. The Hall–Kier alpha value is -1.02. The lowest BCUT2D eigenvalue weighted by atomic mass is 10.1. The van der Waals surface area contributed by atoms with Gasteiger partial charge in [0.2, 0.25) is 0 Å². The van der Waals surface area contributed by atoms with Gasteiger partial charge in [-0.1, -0.05) is 12.1 Å². The molecule has 0 unspecified atom stereocenters. The first-order chi connectivity index (χ1) is 6.22. The molecule has 0 aliphatic rings. The minimum atomic E-state index is 0.229. The summed E-state index contributed by atoms with van der Waals surface area (Å²) in [6, 6.07) is 8.00. The molecule has 0 saturated heterocycles. The number of benzene rings is 1. The van der Waals surface area contributed by atoms with Gasteiger partial charge < -0.3 is 10.5 Å². The third kappa shape index (κ3) is 3.47. The van der Waals surface area contributed by atoms with Crippen molar-refractivity contribution < 1.29 is 4.74 Å². The van der Waals surface area contributed by atoms with E-state index in [4.69, 9.17) is 10.5 Å². The lowest BCUT2D eigenvalue weighted by Gasteiger charge is -2.09. The molecule has 0 amide bonds. The fourth-order valence-electron chi connectivity index (χ4n) is 1.11. The molecule has 0 aliphatic carbocycles. The van der Waals surface area contributed by atoms with Crippen molar-refractivity contribution in [1.29, 1.82) is 0 Å². The highest BCUT2D eigenvalue weighted by molar-refractivity contribution is 5.27. The van der Waals surface area contributed by atoms with E-state index in [0.717, 1.165) is 12.2 Å². The molecule has 2 nitrogen and oxygen atoms in total. The molecule has 0 aliphatic heterocycles. The first-order valence-corrected chi connectivity index (χ1v) is 4.51. The van der Waals surface area contributed by atoms with Crippen molar-refractivity contribution in [1.82, 2.24) is 0 Å². The average molecular weight is 178 g/mol. The molecule has 0 fully saturated rings. The normalized spacial score (nSPS) is 10.5. The Balaban J connectivity index is 2.59. The highest BCUT2D eigenvalue weighted by Gasteiger charge is 1.97. The van der Waals surface area contributed by atoms with Crippen molar-refractivity contribution in [3.63, 3.8) is 0 Å². The van der Waals surface area contributed by atoms with Gasteiger partial charge in [0.1, 0.15) is 5.75 Å². The van der Waals surface area contributed by atoms with Crippen molar-refractivity contribution in [2.75, 3.05) is 0 Å².